The van der Waals surface area contributed by atoms with Crippen LogP contribution < -0.4 is 10.2 Å². The molecule has 6 nitrogen and oxygen atoms in total. The molecule has 3 aliphatic rings. The lowest BCUT2D eigenvalue weighted by Crippen LogP contribution is -2.40. The number of nitrogens with one attached hydrogen (secondary N) is 1. The van der Waals surface area contributed by atoms with Gasteiger partial charge in [-0.15, -0.1) is 0 Å². The lowest BCUT2D eigenvalue weighted by Gasteiger charge is -2.23. The maximum Gasteiger partial charge on any atom is 0.416 e. The van der Waals surface area contributed by atoms with Crippen LogP contribution >= 0.6 is 0 Å². The lowest BCUT2D eigenvalue weighted by atomic mass is 10.0. The second-order valence-corrected chi connectivity index (χ2v) is 9.90. The number of aromatic nitrogens is 2. The van der Waals surface area contributed by atoms with Gasteiger partial charge in [-0.3, -0.25) is 9.59 Å². The minimum atomic E-state index is -4.42. The Bertz CT molecular complexity index is 1060. The summed E-state index contributed by atoms with van der Waals surface area (Å²) in [5.41, 5.74) is 0.354. The summed E-state index contributed by atoms with van der Waals surface area (Å²) in [6.07, 6.45) is 6.51. The third kappa shape index (κ3) is 5.49. The van der Waals surface area contributed by atoms with Crippen LogP contribution in [0.1, 0.15) is 69.8 Å². The molecule has 1 heterocycles. The standard InChI is InChI=1S/C26H29F3N4O2/c27-26(28,29)19-13-11-16(12-14-19)21-15-30-25(32-22(21)31-20-5-3-1-2-4-6-20)33(23(34)17-7-8-17)24(35)18-9-10-18/h11-15,17-18,20H,1-10H2,(H,30,31,32). The first kappa shape index (κ1) is 23.8. The molecule has 3 aliphatic carbocycles. The van der Waals surface area contributed by atoms with Gasteiger partial charge in [0.15, 0.2) is 0 Å². The molecule has 9 heteroatoms. The molecule has 1 aromatic heterocycles. The van der Waals surface area contributed by atoms with Gasteiger partial charge in [-0.05, 0) is 56.2 Å². The molecule has 35 heavy (non-hydrogen) atoms. The van der Waals surface area contributed by atoms with E-state index >= 15 is 0 Å². The van der Waals surface area contributed by atoms with Crippen LogP contribution in [0.5, 0.6) is 0 Å². The Morgan fingerprint density at radius 2 is 1.43 bits per heavy atom. The molecule has 0 bridgehead atoms. The summed E-state index contributed by atoms with van der Waals surface area (Å²) in [7, 11) is 0. The fraction of sp³-hybridized carbons (Fsp3) is 0.538. The first-order valence-electron chi connectivity index (χ1n) is 12.5. The lowest BCUT2D eigenvalue weighted by molar-refractivity contribution is -0.137. The van der Waals surface area contributed by atoms with Gasteiger partial charge in [0.05, 0.1) is 5.56 Å². The van der Waals surface area contributed by atoms with Gasteiger partial charge in [0.25, 0.3) is 0 Å². The van der Waals surface area contributed by atoms with E-state index in [1.165, 1.54) is 31.2 Å². The van der Waals surface area contributed by atoms with Crippen LogP contribution in [0, 0.1) is 11.8 Å². The third-order valence-electron chi connectivity index (χ3n) is 6.99. The molecule has 3 saturated carbocycles. The van der Waals surface area contributed by atoms with Crippen molar-refractivity contribution in [2.24, 2.45) is 11.8 Å². The van der Waals surface area contributed by atoms with E-state index in [1.54, 1.807) is 0 Å². The average Bonchev–Trinajstić information content (AvgIpc) is 3.73. The molecule has 2 aromatic rings. The maximum absolute atomic E-state index is 13.1. The first-order valence-corrected chi connectivity index (χ1v) is 12.5. The van der Waals surface area contributed by atoms with Crippen molar-refractivity contribution in [3.05, 3.63) is 36.0 Å². The normalized spacial score (nSPS) is 19.2. The van der Waals surface area contributed by atoms with Crippen LogP contribution in [0.25, 0.3) is 11.1 Å². The fourth-order valence-corrected chi connectivity index (χ4v) is 4.59. The topological polar surface area (TPSA) is 75.2 Å². The van der Waals surface area contributed by atoms with Crippen LogP contribution in [-0.4, -0.2) is 27.8 Å². The molecule has 186 valence electrons. The van der Waals surface area contributed by atoms with E-state index < -0.39 is 11.7 Å². The molecular weight excluding hydrogens is 457 g/mol. The van der Waals surface area contributed by atoms with Crippen molar-refractivity contribution in [3.8, 4) is 11.1 Å². The molecule has 5 rings (SSSR count). The number of carbonyl (C=O) groups excluding carboxylic acids is 2. The van der Waals surface area contributed by atoms with Gasteiger partial charge in [0.2, 0.25) is 17.8 Å². The molecule has 0 unspecified atom stereocenters. The van der Waals surface area contributed by atoms with Gasteiger partial charge in [-0.2, -0.15) is 18.2 Å². The molecule has 1 N–H and O–H groups in total. The predicted molar refractivity (Wildman–Crippen MR) is 126 cm³/mol. The highest BCUT2D eigenvalue weighted by Crippen LogP contribution is 2.38. The zero-order valence-corrected chi connectivity index (χ0v) is 19.5. The van der Waals surface area contributed by atoms with Crippen LogP contribution in [0.15, 0.2) is 30.5 Å². The van der Waals surface area contributed by atoms with Gasteiger partial charge in [-0.1, -0.05) is 37.8 Å². The van der Waals surface area contributed by atoms with E-state index in [9.17, 15) is 22.8 Å². The fourth-order valence-electron chi connectivity index (χ4n) is 4.59. The van der Waals surface area contributed by atoms with Gasteiger partial charge in [-0.25, -0.2) is 9.88 Å². The Hall–Kier alpha value is -2.97. The summed E-state index contributed by atoms with van der Waals surface area (Å²) >= 11 is 0. The zero-order valence-electron chi connectivity index (χ0n) is 19.5. The van der Waals surface area contributed by atoms with Crippen molar-refractivity contribution in [2.75, 3.05) is 10.2 Å². The summed E-state index contributed by atoms with van der Waals surface area (Å²) in [5, 5.41) is 3.47. The Kier molecular flexibility index (Phi) is 6.51. The van der Waals surface area contributed by atoms with Gasteiger partial charge in [0, 0.05) is 29.6 Å². The van der Waals surface area contributed by atoms with Gasteiger partial charge in [0.1, 0.15) is 5.82 Å². The zero-order chi connectivity index (χ0) is 24.6. The quantitative estimate of drug-likeness (QED) is 0.402. The number of benzene rings is 1. The summed E-state index contributed by atoms with van der Waals surface area (Å²) in [5.74, 6) is -0.373. The molecule has 0 atom stereocenters. The second kappa shape index (κ2) is 9.59. The molecule has 0 saturated heterocycles. The molecule has 2 amide bonds. The summed E-state index contributed by atoms with van der Waals surface area (Å²) in [4.78, 5) is 36.2. The highest BCUT2D eigenvalue weighted by Gasteiger charge is 2.43. The van der Waals surface area contributed by atoms with Crippen molar-refractivity contribution in [1.82, 2.24) is 9.97 Å². The van der Waals surface area contributed by atoms with E-state index in [0.717, 1.165) is 68.4 Å². The molecule has 0 radical (unpaired) electrons. The van der Waals surface area contributed by atoms with Crippen LogP contribution in [0.2, 0.25) is 0 Å². The highest BCUT2D eigenvalue weighted by molar-refractivity contribution is 6.16. The minimum Gasteiger partial charge on any atom is -0.367 e. The maximum atomic E-state index is 13.1. The van der Waals surface area contributed by atoms with E-state index in [-0.39, 0.29) is 35.6 Å². The van der Waals surface area contributed by atoms with Gasteiger partial charge < -0.3 is 5.32 Å². The highest BCUT2D eigenvalue weighted by atomic mass is 19.4. The Morgan fingerprint density at radius 1 is 0.857 bits per heavy atom. The third-order valence-corrected chi connectivity index (χ3v) is 6.99. The first-order chi connectivity index (χ1) is 16.8. The number of hydrogen-bond donors (Lipinski definition) is 1. The number of amides is 2. The Labute approximate surface area is 202 Å². The van der Waals surface area contributed by atoms with E-state index in [0.29, 0.717) is 16.9 Å². The summed E-state index contributed by atoms with van der Waals surface area (Å²) < 4.78 is 39.2. The van der Waals surface area contributed by atoms with Crippen molar-refractivity contribution in [3.63, 3.8) is 0 Å². The second-order valence-electron chi connectivity index (χ2n) is 9.90. The van der Waals surface area contributed by atoms with Crippen molar-refractivity contribution >= 4 is 23.6 Å². The minimum absolute atomic E-state index is 0.0468. The number of imide groups is 1. The Morgan fingerprint density at radius 3 is 1.94 bits per heavy atom. The molecule has 1 aromatic carbocycles. The smallest absolute Gasteiger partial charge is 0.367 e. The number of carbonyl (C=O) groups is 2. The van der Waals surface area contributed by atoms with Gasteiger partial charge >= 0.3 is 6.18 Å². The van der Waals surface area contributed by atoms with Crippen molar-refractivity contribution < 1.29 is 22.8 Å². The molecule has 0 aliphatic heterocycles. The van der Waals surface area contributed by atoms with Crippen LogP contribution in [-0.2, 0) is 15.8 Å². The Balaban J connectivity index is 1.52. The number of alkyl halides is 3. The molecule has 0 spiro atoms. The van der Waals surface area contributed by atoms with Crippen molar-refractivity contribution in [1.29, 1.82) is 0 Å². The molecular formula is C26H29F3N4O2. The van der Waals surface area contributed by atoms with Crippen molar-refractivity contribution in [2.45, 2.75) is 76.4 Å². The number of halogens is 3. The number of nitrogens with zero attached hydrogens (tertiary/aromatic N) is 3. The number of hydrogen-bond acceptors (Lipinski definition) is 5. The average molecular weight is 487 g/mol. The SMILES string of the molecule is O=C(C1CC1)N(C(=O)C1CC1)c1ncc(-c2ccc(C(F)(F)F)cc2)c(NC2CCCCCC2)n1. The van der Waals surface area contributed by atoms with E-state index in [2.05, 4.69) is 15.3 Å². The van der Waals surface area contributed by atoms with Crippen LogP contribution in [0.3, 0.4) is 0 Å². The van der Waals surface area contributed by atoms with Crippen LogP contribution in [0.4, 0.5) is 24.9 Å². The molecule has 3 fully saturated rings. The van der Waals surface area contributed by atoms with E-state index in [1.807, 2.05) is 0 Å². The van der Waals surface area contributed by atoms with E-state index in [4.69, 9.17) is 0 Å². The predicted octanol–water partition coefficient (Wildman–Crippen LogP) is 5.98. The number of anilines is 2. The summed E-state index contributed by atoms with van der Waals surface area (Å²) in [6.45, 7) is 0. The largest absolute Gasteiger partial charge is 0.416 e. The monoisotopic (exact) mass is 486 g/mol. The summed E-state index contributed by atoms with van der Waals surface area (Å²) in [6, 6.07) is 5.04. The number of rotatable bonds is 6.